The molecular weight excluding hydrogens is 444 g/mol. The molecule has 0 aliphatic heterocycles. The average Bonchev–Trinajstić information content (AvgIpc) is 2.73. The maximum Gasteiger partial charge on any atom is 0.316 e. The molecule has 20 heavy (non-hydrogen) atoms. The molecule has 0 aromatic carbocycles. The van der Waals surface area contributed by atoms with Crippen molar-refractivity contribution in [3.8, 4) is 0 Å². The summed E-state index contributed by atoms with van der Waals surface area (Å²) in [6.45, 7) is 0. The number of fused-ring (bicyclic) bond motifs is 5. The SMILES string of the molecule is Cl.ClC1=C(Cl)C2(Cl)C3C(Cl)C=CC3C1(Cl)C2(Cl)Cl.O.[MgH2]. The van der Waals surface area contributed by atoms with Gasteiger partial charge in [0.25, 0.3) is 0 Å². The van der Waals surface area contributed by atoms with Gasteiger partial charge in [-0.05, 0) is 0 Å². The van der Waals surface area contributed by atoms with Crippen molar-refractivity contribution in [2.45, 2.75) is 19.5 Å². The largest absolute Gasteiger partial charge is 0.412 e. The zero-order chi connectivity index (χ0) is 12.8. The number of halogens is 8. The maximum atomic E-state index is 6.57. The molecule has 5 atom stereocenters. The van der Waals surface area contributed by atoms with E-state index < -0.39 is 14.1 Å². The second kappa shape index (κ2) is 6.44. The van der Waals surface area contributed by atoms with Crippen LogP contribution in [0, 0.1) is 11.8 Å². The van der Waals surface area contributed by atoms with Gasteiger partial charge >= 0.3 is 23.1 Å². The van der Waals surface area contributed by atoms with Crippen LogP contribution >= 0.6 is 93.6 Å². The predicted octanol–water partition coefficient (Wildman–Crippen LogP) is 3.92. The number of rotatable bonds is 0. The zero-order valence-electron chi connectivity index (χ0n) is 8.94. The molecule has 3 aliphatic rings. The van der Waals surface area contributed by atoms with E-state index in [4.69, 9.17) is 81.2 Å². The third-order valence-electron chi connectivity index (χ3n) is 3.90. The van der Waals surface area contributed by atoms with Crippen molar-refractivity contribution in [3.05, 3.63) is 22.2 Å². The molecule has 0 aromatic heterocycles. The molecule has 10 heteroatoms. The highest BCUT2D eigenvalue weighted by molar-refractivity contribution is 6.66. The van der Waals surface area contributed by atoms with Crippen LogP contribution in [0.15, 0.2) is 22.2 Å². The van der Waals surface area contributed by atoms with Gasteiger partial charge in [0.15, 0.2) is 4.33 Å². The van der Waals surface area contributed by atoms with Crippen LogP contribution in [-0.4, -0.2) is 48.0 Å². The molecular formula is C10H10Cl8MgO. The normalized spacial score (nSPS) is 46.5. The summed E-state index contributed by atoms with van der Waals surface area (Å²) in [5, 5.41) is 0.113. The van der Waals surface area contributed by atoms with E-state index in [1.807, 2.05) is 12.2 Å². The standard InChI is InChI=1S/C10H5Cl7.ClH.Mg.H2O.2H/c11-4-2-1-3-5(4)9(15)7(13)6(12)8(3,14)10(9,16)17;;;;;/h1-5H;1H;;1H2;;. The summed E-state index contributed by atoms with van der Waals surface area (Å²) in [4.78, 5) is -2.45. The third kappa shape index (κ3) is 2.07. The fourth-order valence-electron chi connectivity index (χ4n) is 3.08. The van der Waals surface area contributed by atoms with Crippen LogP contribution in [0.3, 0.4) is 0 Å². The smallest absolute Gasteiger partial charge is 0.316 e. The van der Waals surface area contributed by atoms with E-state index in [0.717, 1.165) is 0 Å². The summed E-state index contributed by atoms with van der Waals surface area (Å²) in [5.41, 5.74) is 0. The second-order valence-corrected chi connectivity index (χ2v) is 8.29. The van der Waals surface area contributed by atoms with Gasteiger partial charge in [-0.15, -0.1) is 47.2 Å². The Bertz CT molecular complexity index is 480. The lowest BCUT2D eigenvalue weighted by Gasteiger charge is -2.34. The molecule has 1 saturated carbocycles. The van der Waals surface area contributed by atoms with Gasteiger partial charge in [-0.25, -0.2) is 0 Å². The molecule has 2 N–H and O–H groups in total. The lowest BCUT2D eigenvalue weighted by atomic mass is 9.84. The highest BCUT2D eigenvalue weighted by Gasteiger charge is 2.83. The van der Waals surface area contributed by atoms with Crippen LogP contribution in [0.1, 0.15) is 0 Å². The van der Waals surface area contributed by atoms with Gasteiger partial charge in [0, 0.05) is 11.8 Å². The maximum absolute atomic E-state index is 6.57. The molecule has 0 amide bonds. The molecule has 1 fully saturated rings. The van der Waals surface area contributed by atoms with E-state index in [1.54, 1.807) is 0 Å². The Kier molecular flexibility index (Phi) is 7.25. The van der Waals surface area contributed by atoms with E-state index in [-0.39, 0.29) is 68.2 Å². The van der Waals surface area contributed by atoms with Crippen molar-refractivity contribution in [2.24, 2.45) is 11.8 Å². The molecule has 0 saturated heterocycles. The first-order valence-electron chi connectivity index (χ1n) is 4.85. The summed E-state index contributed by atoms with van der Waals surface area (Å²) in [7, 11) is 0. The first-order valence-corrected chi connectivity index (χ1v) is 7.55. The van der Waals surface area contributed by atoms with E-state index in [2.05, 4.69) is 0 Å². The van der Waals surface area contributed by atoms with Gasteiger partial charge in [0.2, 0.25) is 0 Å². The van der Waals surface area contributed by atoms with E-state index in [0.29, 0.717) is 0 Å². The van der Waals surface area contributed by atoms with Crippen LogP contribution in [0.4, 0.5) is 0 Å². The lowest BCUT2D eigenvalue weighted by Crippen LogP contribution is -2.45. The molecule has 3 rings (SSSR count). The highest BCUT2D eigenvalue weighted by atomic mass is 35.5. The van der Waals surface area contributed by atoms with Gasteiger partial charge in [0.1, 0.15) is 9.75 Å². The first kappa shape index (κ1) is 22.5. The summed E-state index contributed by atoms with van der Waals surface area (Å²) in [6, 6.07) is 0. The van der Waals surface area contributed by atoms with Gasteiger partial charge in [0.05, 0.1) is 15.4 Å². The topological polar surface area (TPSA) is 31.5 Å². The predicted molar refractivity (Wildman–Crippen MR) is 95.5 cm³/mol. The van der Waals surface area contributed by atoms with Crippen LogP contribution in [-0.2, 0) is 0 Å². The minimum Gasteiger partial charge on any atom is -0.412 e. The van der Waals surface area contributed by atoms with Crippen molar-refractivity contribution < 1.29 is 5.48 Å². The molecule has 0 aromatic rings. The van der Waals surface area contributed by atoms with Gasteiger partial charge in [-0.1, -0.05) is 58.6 Å². The van der Waals surface area contributed by atoms with Gasteiger partial charge in [-0.2, -0.15) is 0 Å². The van der Waals surface area contributed by atoms with Crippen molar-refractivity contribution in [2.75, 3.05) is 0 Å². The number of hydrogen-bond acceptors (Lipinski definition) is 0. The van der Waals surface area contributed by atoms with Crippen LogP contribution < -0.4 is 0 Å². The first-order chi connectivity index (χ1) is 7.70. The Hall–Kier alpha value is 2.53. The van der Waals surface area contributed by atoms with E-state index >= 15 is 0 Å². The van der Waals surface area contributed by atoms with Crippen LogP contribution in [0.5, 0.6) is 0 Å². The molecule has 0 spiro atoms. The monoisotopic (exact) mass is 450 g/mol. The summed E-state index contributed by atoms with van der Waals surface area (Å²) in [6.07, 6.45) is 3.69. The van der Waals surface area contributed by atoms with Crippen molar-refractivity contribution in [3.63, 3.8) is 0 Å². The highest BCUT2D eigenvalue weighted by Crippen LogP contribution is 2.78. The molecule has 2 bridgehead atoms. The Morgan fingerprint density at radius 1 is 0.900 bits per heavy atom. The minimum atomic E-state index is -1.48. The van der Waals surface area contributed by atoms with Crippen LogP contribution in [0.25, 0.3) is 0 Å². The minimum absolute atomic E-state index is 0. The molecule has 3 aliphatic carbocycles. The molecule has 0 radical (unpaired) electrons. The van der Waals surface area contributed by atoms with Gasteiger partial charge < -0.3 is 5.48 Å². The summed E-state index contributed by atoms with van der Waals surface area (Å²) < 4.78 is -1.48. The molecule has 1 nitrogen and oxygen atoms in total. The Morgan fingerprint density at radius 2 is 1.35 bits per heavy atom. The molecule has 5 unspecified atom stereocenters. The van der Waals surface area contributed by atoms with E-state index in [1.165, 1.54) is 0 Å². The fraction of sp³-hybridized carbons (Fsp3) is 0.600. The Balaban J connectivity index is 0.00000120. The average molecular weight is 454 g/mol. The second-order valence-electron chi connectivity index (χ2n) is 4.51. The quantitative estimate of drug-likeness (QED) is 0.302. The van der Waals surface area contributed by atoms with Crippen molar-refractivity contribution in [1.82, 2.24) is 0 Å². The fourth-order valence-corrected chi connectivity index (χ4v) is 6.60. The Labute approximate surface area is 174 Å². The zero-order valence-corrected chi connectivity index (χ0v) is 15.0. The summed E-state index contributed by atoms with van der Waals surface area (Å²) in [5.74, 6) is -0.470. The van der Waals surface area contributed by atoms with Crippen LogP contribution in [0.2, 0.25) is 0 Å². The van der Waals surface area contributed by atoms with Crippen molar-refractivity contribution in [1.29, 1.82) is 0 Å². The number of hydrogen-bond donors (Lipinski definition) is 0. The lowest BCUT2D eigenvalue weighted by molar-refractivity contribution is 0.420. The third-order valence-corrected chi connectivity index (χ3v) is 8.61. The number of alkyl halides is 5. The number of allylic oxidation sites excluding steroid dienone is 4. The molecule has 0 heterocycles. The summed E-state index contributed by atoms with van der Waals surface area (Å²) >= 11 is 44.5. The molecule has 114 valence electrons. The Morgan fingerprint density at radius 3 is 1.85 bits per heavy atom. The van der Waals surface area contributed by atoms with E-state index in [9.17, 15) is 0 Å². The van der Waals surface area contributed by atoms with Crippen molar-refractivity contribution >= 4 is 117 Å². The van der Waals surface area contributed by atoms with Gasteiger partial charge in [-0.3, -0.25) is 0 Å².